The van der Waals surface area contributed by atoms with E-state index in [0.29, 0.717) is 5.92 Å². The smallest absolute Gasteiger partial charge is 0.0618 e. The van der Waals surface area contributed by atoms with Gasteiger partial charge in [-0.1, -0.05) is 52.2 Å². The minimum absolute atomic E-state index is 0.228. The van der Waals surface area contributed by atoms with Gasteiger partial charge in [-0.2, -0.15) is 0 Å². The highest BCUT2D eigenvalue weighted by Gasteiger charge is 2.26. The summed E-state index contributed by atoms with van der Waals surface area (Å²) in [5.74, 6) is 0.688. The number of benzene rings is 1. The number of alkyl halides is 1. The van der Waals surface area contributed by atoms with Crippen molar-refractivity contribution in [2.24, 2.45) is 5.92 Å². The van der Waals surface area contributed by atoms with Crippen molar-refractivity contribution in [3.05, 3.63) is 34.4 Å². The lowest BCUT2D eigenvalue weighted by Crippen LogP contribution is -2.15. The highest BCUT2D eigenvalue weighted by molar-refractivity contribution is 6.21. The third-order valence-corrected chi connectivity index (χ3v) is 5.50. The van der Waals surface area contributed by atoms with Crippen LogP contribution in [-0.4, -0.2) is 0 Å². The van der Waals surface area contributed by atoms with E-state index in [9.17, 15) is 0 Å². The van der Waals surface area contributed by atoms with Crippen molar-refractivity contribution in [3.63, 3.8) is 0 Å². The largest absolute Gasteiger partial charge is 0.118 e. The minimum Gasteiger partial charge on any atom is -0.118 e. The molecule has 1 heteroatoms. The van der Waals surface area contributed by atoms with Gasteiger partial charge in [0.1, 0.15) is 0 Å². The van der Waals surface area contributed by atoms with Gasteiger partial charge in [0, 0.05) is 0 Å². The van der Waals surface area contributed by atoms with E-state index in [-0.39, 0.29) is 5.38 Å². The van der Waals surface area contributed by atoms with Crippen molar-refractivity contribution in [1.29, 1.82) is 0 Å². The van der Waals surface area contributed by atoms with Crippen LogP contribution in [0.1, 0.15) is 80.5 Å². The van der Waals surface area contributed by atoms with Gasteiger partial charge in [0.15, 0.2) is 0 Å². The summed E-state index contributed by atoms with van der Waals surface area (Å²) in [5, 5.41) is 0.228. The fourth-order valence-electron chi connectivity index (χ4n) is 3.66. The third kappa shape index (κ3) is 3.39. The maximum absolute atomic E-state index is 6.95. The van der Waals surface area contributed by atoms with Gasteiger partial charge in [0.05, 0.1) is 5.38 Å². The first-order valence-corrected chi connectivity index (χ1v) is 8.93. The molecule has 20 heavy (non-hydrogen) atoms. The van der Waals surface area contributed by atoms with Crippen molar-refractivity contribution >= 4 is 11.6 Å². The van der Waals surface area contributed by atoms with Gasteiger partial charge < -0.3 is 0 Å². The lowest BCUT2D eigenvalue weighted by molar-refractivity contribution is 0.347. The van der Waals surface area contributed by atoms with Gasteiger partial charge in [-0.25, -0.2) is 0 Å². The van der Waals surface area contributed by atoms with Crippen LogP contribution in [-0.2, 0) is 19.3 Å². The van der Waals surface area contributed by atoms with Crippen molar-refractivity contribution < 1.29 is 0 Å². The van der Waals surface area contributed by atoms with E-state index in [2.05, 4.69) is 32.9 Å². The predicted octanol–water partition coefficient (Wildman–Crippen LogP) is 6.23. The molecule has 0 heterocycles. The molecule has 1 fully saturated rings. The molecule has 1 aromatic rings. The normalized spacial score (nSPS) is 18.2. The Morgan fingerprint density at radius 1 is 0.950 bits per heavy atom. The van der Waals surface area contributed by atoms with Crippen LogP contribution in [0.2, 0.25) is 0 Å². The van der Waals surface area contributed by atoms with E-state index in [4.69, 9.17) is 11.6 Å². The van der Waals surface area contributed by atoms with Crippen molar-refractivity contribution in [3.8, 4) is 0 Å². The second kappa shape index (κ2) is 7.50. The highest BCUT2D eigenvalue weighted by Crippen LogP contribution is 2.42. The number of hydrogen-bond donors (Lipinski definition) is 0. The molecule has 1 saturated carbocycles. The lowest BCUT2D eigenvalue weighted by atomic mass is 9.80. The summed E-state index contributed by atoms with van der Waals surface area (Å²) >= 11 is 6.95. The molecule has 0 radical (unpaired) electrons. The molecule has 0 saturated heterocycles. The van der Waals surface area contributed by atoms with Gasteiger partial charge in [-0.05, 0) is 60.3 Å². The fraction of sp³-hybridized carbons (Fsp3) is 0.684. The van der Waals surface area contributed by atoms with Gasteiger partial charge in [0.25, 0.3) is 0 Å². The summed E-state index contributed by atoms with van der Waals surface area (Å²) in [5.41, 5.74) is 5.93. The number of halogens is 1. The Balaban J connectivity index is 2.36. The fourth-order valence-corrected chi connectivity index (χ4v) is 4.19. The molecule has 112 valence electrons. The van der Waals surface area contributed by atoms with Crippen LogP contribution in [0.4, 0.5) is 0 Å². The summed E-state index contributed by atoms with van der Waals surface area (Å²) in [6, 6.07) is 4.79. The first kappa shape index (κ1) is 15.9. The number of rotatable bonds is 5. The van der Waals surface area contributed by atoms with E-state index in [1.165, 1.54) is 54.4 Å². The van der Waals surface area contributed by atoms with Crippen LogP contribution < -0.4 is 0 Å². The minimum atomic E-state index is 0.228. The molecule has 2 rings (SSSR count). The molecule has 0 aliphatic heterocycles. The maximum atomic E-state index is 6.95. The zero-order valence-corrected chi connectivity index (χ0v) is 14.1. The summed E-state index contributed by atoms with van der Waals surface area (Å²) in [6.45, 7) is 6.78. The Hall–Kier alpha value is -0.490. The van der Waals surface area contributed by atoms with E-state index < -0.39 is 0 Å². The maximum Gasteiger partial charge on any atom is 0.0618 e. The van der Waals surface area contributed by atoms with Gasteiger partial charge >= 0.3 is 0 Å². The molecule has 1 unspecified atom stereocenters. The molecule has 1 aliphatic carbocycles. The standard InChI is InChI=1S/C19H29Cl/c1-4-14-12-15(5-2)18(16(6-3)13-14)19(20)17-10-8-7-9-11-17/h12-13,17,19H,4-11H2,1-3H3. The summed E-state index contributed by atoms with van der Waals surface area (Å²) < 4.78 is 0. The Bertz CT molecular complexity index is 404. The van der Waals surface area contributed by atoms with Crippen LogP contribution in [0.5, 0.6) is 0 Å². The van der Waals surface area contributed by atoms with Gasteiger partial charge in [-0.3, -0.25) is 0 Å². The second-order valence-corrected chi connectivity index (χ2v) is 6.66. The van der Waals surface area contributed by atoms with Crippen LogP contribution in [0.25, 0.3) is 0 Å². The second-order valence-electron chi connectivity index (χ2n) is 6.19. The van der Waals surface area contributed by atoms with Crippen LogP contribution in [0, 0.1) is 5.92 Å². The molecule has 1 aromatic carbocycles. The zero-order valence-electron chi connectivity index (χ0n) is 13.3. The molecule has 0 bridgehead atoms. The first-order valence-electron chi connectivity index (χ1n) is 8.49. The molecule has 0 N–H and O–H groups in total. The predicted molar refractivity (Wildman–Crippen MR) is 89.7 cm³/mol. The average molecular weight is 293 g/mol. The van der Waals surface area contributed by atoms with E-state index >= 15 is 0 Å². The van der Waals surface area contributed by atoms with Gasteiger partial charge in [-0.15, -0.1) is 11.6 Å². The van der Waals surface area contributed by atoms with Crippen LogP contribution >= 0.6 is 11.6 Å². The summed E-state index contributed by atoms with van der Waals surface area (Å²) in [6.07, 6.45) is 10.1. The molecular formula is C19H29Cl. The van der Waals surface area contributed by atoms with Crippen molar-refractivity contribution in [2.45, 2.75) is 77.5 Å². The Kier molecular flexibility index (Phi) is 5.96. The van der Waals surface area contributed by atoms with Crippen LogP contribution in [0.15, 0.2) is 12.1 Å². The lowest BCUT2D eigenvalue weighted by Gasteiger charge is -2.29. The summed E-state index contributed by atoms with van der Waals surface area (Å²) in [4.78, 5) is 0. The average Bonchev–Trinajstić information content (AvgIpc) is 2.53. The Labute approximate surface area is 129 Å². The Morgan fingerprint density at radius 2 is 1.50 bits per heavy atom. The Morgan fingerprint density at radius 3 is 1.95 bits per heavy atom. The molecule has 1 atom stereocenters. The number of hydrogen-bond acceptors (Lipinski definition) is 0. The van der Waals surface area contributed by atoms with E-state index in [1.807, 2.05) is 0 Å². The van der Waals surface area contributed by atoms with Crippen LogP contribution in [0.3, 0.4) is 0 Å². The molecule has 0 amide bonds. The highest BCUT2D eigenvalue weighted by atomic mass is 35.5. The molecule has 0 aromatic heterocycles. The van der Waals surface area contributed by atoms with Gasteiger partial charge in [0.2, 0.25) is 0 Å². The topological polar surface area (TPSA) is 0 Å². The quantitative estimate of drug-likeness (QED) is 0.564. The van der Waals surface area contributed by atoms with Crippen molar-refractivity contribution in [2.75, 3.05) is 0 Å². The molecule has 1 aliphatic rings. The molecule has 0 nitrogen and oxygen atoms in total. The monoisotopic (exact) mass is 292 g/mol. The SMILES string of the molecule is CCc1cc(CC)c(C(Cl)C2CCCCC2)c(CC)c1. The molecular weight excluding hydrogens is 264 g/mol. The van der Waals surface area contributed by atoms with E-state index in [1.54, 1.807) is 0 Å². The zero-order chi connectivity index (χ0) is 14.5. The first-order chi connectivity index (χ1) is 9.71. The number of aryl methyl sites for hydroxylation is 3. The van der Waals surface area contributed by atoms with E-state index in [0.717, 1.165) is 19.3 Å². The summed E-state index contributed by atoms with van der Waals surface area (Å²) in [7, 11) is 0. The molecule has 0 spiro atoms. The third-order valence-electron chi connectivity index (χ3n) is 4.92. The van der Waals surface area contributed by atoms with Crippen molar-refractivity contribution in [1.82, 2.24) is 0 Å².